The van der Waals surface area contributed by atoms with Crippen LogP contribution in [0.25, 0.3) is 10.3 Å². The fraction of sp³-hybridized carbons (Fsp3) is 0.0833. The lowest BCUT2D eigenvalue weighted by Gasteiger charge is -2.03. The molecule has 3 rings (SSSR count). The fourth-order valence-corrected chi connectivity index (χ4v) is 2.37. The number of aromatic nitrogens is 4. The van der Waals surface area contributed by atoms with E-state index in [2.05, 4.69) is 30.6 Å². The number of carbonyl (C=O) groups is 1. The summed E-state index contributed by atoms with van der Waals surface area (Å²) in [4.78, 5) is 29.0. The van der Waals surface area contributed by atoms with Gasteiger partial charge in [0.05, 0.1) is 0 Å². The molecule has 7 nitrogen and oxygen atoms in total. The molecule has 0 aliphatic rings. The maximum atomic E-state index is 11.8. The highest BCUT2D eigenvalue weighted by molar-refractivity contribution is 7.21. The van der Waals surface area contributed by atoms with Gasteiger partial charge in [0.25, 0.3) is 0 Å². The van der Waals surface area contributed by atoms with Crippen LogP contribution < -0.4 is 10.6 Å². The Morgan fingerprint density at radius 3 is 2.85 bits per heavy atom. The Morgan fingerprint density at radius 2 is 2.05 bits per heavy atom. The van der Waals surface area contributed by atoms with E-state index in [1.54, 1.807) is 24.5 Å². The van der Waals surface area contributed by atoms with Crippen LogP contribution in [-0.2, 0) is 0 Å². The van der Waals surface area contributed by atoms with Crippen molar-refractivity contribution in [2.75, 3.05) is 10.6 Å². The summed E-state index contributed by atoms with van der Waals surface area (Å²) in [5.74, 6) is 0.252. The van der Waals surface area contributed by atoms with Crippen molar-refractivity contribution in [3.05, 3.63) is 36.3 Å². The van der Waals surface area contributed by atoms with Crippen LogP contribution in [0.15, 0.2) is 30.6 Å². The van der Waals surface area contributed by atoms with Gasteiger partial charge in [0.2, 0.25) is 5.95 Å². The quantitative estimate of drug-likeness (QED) is 0.754. The summed E-state index contributed by atoms with van der Waals surface area (Å²) in [6.45, 7) is 1.82. The van der Waals surface area contributed by atoms with Gasteiger partial charge in [-0.2, -0.15) is 0 Å². The SMILES string of the molecule is Cc1ccnc(NC(=O)Nc2nc3cccnc3s2)n1. The van der Waals surface area contributed by atoms with E-state index in [-0.39, 0.29) is 5.95 Å². The summed E-state index contributed by atoms with van der Waals surface area (Å²) in [7, 11) is 0. The molecule has 2 N–H and O–H groups in total. The summed E-state index contributed by atoms with van der Waals surface area (Å²) in [6.07, 6.45) is 3.27. The summed E-state index contributed by atoms with van der Waals surface area (Å²) in [5.41, 5.74) is 1.53. The second-order valence-electron chi connectivity index (χ2n) is 3.95. The molecule has 3 heterocycles. The predicted octanol–water partition coefficient (Wildman–Crippen LogP) is 2.43. The molecular weight excluding hydrogens is 276 g/mol. The molecule has 0 aliphatic carbocycles. The molecule has 0 unspecified atom stereocenters. The Hall–Kier alpha value is -2.61. The van der Waals surface area contributed by atoms with Crippen LogP contribution in [0.3, 0.4) is 0 Å². The highest BCUT2D eigenvalue weighted by Crippen LogP contribution is 2.23. The number of anilines is 2. The van der Waals surface area contributed by atoms with Crippen molar-refractivity contribution in [3.8, 4) is 0 Å². The van der Waals surface area contributed by atoms with Gasteiger partial charge in [0.15, 0.2) is 5.13 Å². The largest absolute Gasteiger partial charge is 0.327 e. The third-order valence-electron chi connectivity index (χ3n) is 2.41. The lowest BCUT2D eigenvalue weighted by atomic mass is 10.5. The molecule has 0 saturated carbocycles. The number of nitrogens with zero attached hydrogens (tertiary/aromatic N) is 4. The Morgan fingerprint density at radius 1 is 1.15 bits per heavy atom. The predicted molar refractivity (Wildman–Crippen MR) is 76.8 cm³/mol. The number of rotatable bonds is 2. The first-order chi connectivity index (χ1) is 9.70. The van der Waals surface area contributed by atoms with E-state index >= 15 is 0 Å². The molecule has 2 amide bonds. The number of hydrogen-bond donors (Lipinski definition) is 2. The van der Waals surface area contributed by atoms with Crippen molar-refractivity contribution in [1.29, 1.82) is 0 Å². The molecule has 100 valence electrons. The topological polar surface area (TPSA) is 92.7 Å². The van der Waals surface area contributed by atoms with Gasteiger partial charge in [-0.3, -0.25) is 10.6 Å². The molecule has 0 bridgehead atoms. The van der Waals surface area contributed by atoms with Gasteiger partial charge in [-0.1, -0.05) is 11.3 Å². The van der Waals surface area contributed by atoms with Gasteiger partial charge in [-0.15, -0.1) is 0 Å². The van der Waals surface area contributed by atoms with Gasteiger partial charge in [-0.05, 0) is 25.1 Å². The third-order valence-corrected chi connectivity index (χ3v) is 3.30. The van der Waals surface area contributed by atoms with Crippen molar-refractivity contribution < 1.29 is 4.79 Å². The molecule has 0 spiro atoms. The Labute approximate surface area is 118 Å². The van der Waals surface area contributed by atoms with E-state index in [0.717, 1.165) is 16.0 Å². The lowest BCUT2D eigenvalue weighted by molar-refractivity contribution is 0.262. The molecule has 8 heteroatoms. The van der Waals surface area contributed by atoms with Crippen LogP contribution in [0.2, 0.25) is 0 Å². The number of amides is 2. The van der Waals surface area contributed by atoms with Crippen LogP contribution in [0.4, 0.5) is 15.9 Å². The number of fused-ring (bicyclic) bond motifs is 1. The van der Waals surface area contributed by atoms with Gasteiger partial charge < -0.3 is 0 Å². The number of nitrogens with one attached hydrogen (secondary N) is 2. The van der Waals surface area contributed by atoms with E-state index in [4.69, 9.17) is 0 Å². The van der Waals surface area contributed by atoms with Gasteiger partial charge in [-0.25, -0.2) is 24.7 Å². The average molecular weight is 286 g/mol. The summed E-state index contributed by atoms with van der Waals surface area (Å²) in [5, 5.41) is 5.66. The third kappa shape index (κ3) is 2.69. The molecule has 0 radical (unpaired) electrons. The monoisotopic (exact) mass is 286 g/mol. The standard InChI is InChI=1S/C12H10N6OS/c1-7-4-6-14-10(15-7)17-11(19)18-12-16-8-3-2-5-13-9(8)20-12/h2-6H,1H3,(H2,14,15,16,17,18,19). The van der Waals surface area contributed by atoms with E-state index in [1.165, 1.54) is 11.3 Å². The Balaban J connectivity index is 1.72. The van der Waals surface area contributed by atoms with E-state index in [9.17, 15) is 4.79 Å². The number of aryl methyl sites for hydroxylation is 1. The van der Waals surface area contributed by atoms with Crippen molar-refractivity contribution in [2.24, 2.45) is 0 Å². The minimum absolute atomic E-state index is 0.252. The maximum absolute atomic E-state index is 11.8. The summed E-state index contributed by atoms with van der Waals surface area (Å²) in [6, 6.07) is 4.95. The normalized spacial score (nSPS) is 10.4. The average Bonchev–Trinajstić information content (AvgIpc) is 2.80. The zero-order valence-electron chi connectivity index (χ0n) is 10.5. The number of carbonyl (C=O) groups excluding carboxylic acids is 1. The summed E-state index contributed by atoms with van der Waals surface area (Å²) < 4.78 is 0. The van der Waals surface area contributed by atoms with Crippen molar-refractivity contribution in [3.63, 3.8) is 0 Å². The molecular formula is C12H10N6OS. The lowest BCUT2D eigenvalue weighted by Crippen LogP contribution is -2.20. The highest BCUT2D eigenvalue weighted by Gasteiger charge is 2.09. The van der Waals surface area contributed by atoms with E-state index in [1.807, 2.05) is 13.0 Å². The zero-order chi connectivity index (χ0) is 13.9. The van der Waals surface area contributed by atoms with Gasteiger partial charge in [0, 0.05) is 18.1 Å². The Kier molecular flexibility index (Phi) is 3.21. The summed E-state index contributed by atoms with van der Waals surface area (Å²) >= 11 is 1.30. The molecule has 0 aromatic carbocycles. The minimum atomic E-state index is -0.436. The first kappa shape index (κ1) is 12.4. The highest BCUT2D eigenvalue weighted by atomic mass is 32.1. The van der Waals surface area contributed by atoms with Gasteiger partial charge in [0.1, 0.15) is 10.3 Å². The van der Waals surface area contributed by atoms with Crippen LogP contribution >= 0.6 is 11.3 Å². The molecule has 0 aliphatic heterocycles. The molecule has 3 aromatic heterocycles. The number of urea groups is 1. The molecule has 0 fully saturated rings. The fourth-order valence-electron chi connectivity index (χ4n) is 1.56. The van der Waals surface area contributed by atoms with Gasteiger partial charge >= 0.3 is 6.03 Å². The first-order valence-electron chi connectivity index (χ1n) is 5.80. The van der Waals surface area contributed by atoms with Crippen LogP contribution in [0, 0.1) is 6.92 Å². The number of pyridine rings is 1. The van der Waals surface area contributed by atoms with Crippen LogP contribution in [0.5, 0.6) is 0 Å². The number of thiazole rings is 1. The van der Waals surface area contributed by atoms with Crippen LogP contribution in [-0.4, -0.2) is 26.0 Å². The van der Waals surface area contributed by atoms with Crippen molar-refractivity contribution in [2.45, 2.75) is 6.92 Å². The van der Waals surface area contributed by atoms with Crippen LogP contribution in [0.1, 0.15) is 5.69 Å². The zero-order valence-corrected chi connectivity index (χ0v) is 11.3. The molecule has 0 atom stereocenters. The minimum Gasteiger partial charge on any atom is -0.283 e. The smallest absolute Gasteiger partial charge is 0.283 e. The number of hydrogen-bond acceptors (Lipinski definition) is 6. The second kappa shape index (κ2) is 5.17. The van der Waals surface area contributed by atoms with Crippen molar-refractivity contribution >= 4 is 38.8 Å². The first-order valence-corrected chi connectivity index (χ1v) is 6.61. The molecule has 20 heavy (non-hydrogen) atoms. The molecule has 3 aromatic rings. The van der Waals surface area contributed by atoms with E-state index < -0.39 is 6.03 Å². The second-order valence-corrected chi connectivity index (χ2v) is 4.92. The van der Waals surface area contributed by atoms with Crippen molar-refractivity contribution in [1.82, 2.24) is 19.9 Å². The van der Waals surface area contributed by atoms with E-state index in [0.29, 0.717) is 5.13 Å². The molecule has 0 saturated heterocycles. The maximum Gasteiger partial charge on any atom is 0.327 e. The Bertz CT molecular complexity index is 738.